The molecule has 1 saturated carbocycles. The Balaban J connectivity index is 1.31. The van der Waals surface area contributed by atoms with Crippen molar-refractivity contribution in [3.8, 4) is 44.5 Å². The van der Waals surface area contributed by atoms with Crippen LogP contribution in [0.4, 0.5) is 17.1 Å². The van der Waals surface area contributed by atoms with Gasteiger partial charge in [0.25, 0.3) is 0 Å². The van der Waals surface area contributed by atoms with Crippen LogP contribution in [0.2, 0.25) is 0 Å². The number of rotatable bonds is 7. The summed E-state index contributed by atoms with van der Waals surface area (Å²) in [7, 11) is 0. The molecule has 0 radical (unpaired) electrons. The van der Waals surface area contributed by atoms with Gasteiger partial charge in [0.1, 0.15) is 0 Å². The van der Waals surface area contributed by atoms with Gasteiger partial charge in [-0.15, -0.1) is 0 Å². The van der Waals surface area contributed by atoms with E-state index in [9.17, 15) is 0 Å². The monoisotopic (exact) mass is 671 g/mol. The summed E-state index contributed by atoms with van der Waals surface area (Å²) >= 11 is 0. The molecule has 0 aliphatic heterocycles. The molecule has 2 aliphatic rings. The topological polar surface area (TPSA) is 3.24 Å². The summed E-state index contributed by atoms with van der Waals surface area (Å²) in [4.78, 5) is 2.55. The zero-order valence-corrected chi connectivity index (χ0v) is 30.2. The van der Waals surface area contributed by atoms with Gasteiger partial charge in [-0.05, 0) is 99.2 Å². The second-order valence-corrected chi connectivity index (χ2v) is 15.1. The van der Waals surface area contributed by atoms with Crippen molar-refractivity contribution in [2.45, 2.75) is 57.3 Å². The quantitative estimate of drug-likeness (QED) is 0.163. The van der Waals surface area contributed by atoms with Gasteiger partial charge in [0.2, 0.25) is 0 Å². The minimum Gasteiger partial charge on any atom is -0.309 e. The van der Waals surface area contributed by atoms with Gasteiger partial charge in [-0.1, -0.05) is 173 Å². The smallest absolute Gasteiger partial charge is 0.0543 e. The minimum atomic E-state index is -0.133. The van der Waals surface area contributed by atoms with Gasteiger partial charge in [0.05, 0.1) is 11.4 Å². The molecular weight excluding hydrogens is 627 g/mol. The highest BCUT2D eigenvalue weighted by molar-refractivity contribution is 5.99. The predicted octanol–water partition coefficient (Wildman–Crippen LogP) is 14.5. The van der Waals surface area contributed by atoms with E-state index in [1.807, 2.05) is 0 Å². The molecule has 0 aromatic heterocycles. The molecule has 2 aliphatic carbocycles. The molecule has 7 aromatic carbocycles. The minimum absolute atomic E-state index is 0.133. The van der Waals surface area contributed by atoms with Crippen LogP contribution in [0.1, 0.15) is 68.6 Å². The molecule has 0 N–H and O–H groups in total. The Morgan fingerprint density at radius 1 is 0.423 bits per heavy atom. The van der Waals surface area contributed by atoms with Crippen molar-refractivity contribution < 1.29 is 0 Å². The molecule has 1 heteroatoms. The molecule has 0 unspecified atom stereocenters. The molecule has 0 amide bonds. The highest BCUT2D eigenvalue weighted by atomic mass is 15.1. The van der Waals surface area contributed by atoms with Crippen LogP contribution in [-0.4, -0.2) is 0 Å². The van der Waals surface area contributed by atoms with Crippen molar-refractivity contribution >= 4 is 17.1 Å². The zero-order chi connectivity index (χ0) is 35.1. The largest absolute Gasteiger partial charge is 0.309 e. The number of hydrogen-bond acceptors (Lipinski definition) is 1. The van der Waals surface area contributed by atoms with Gasteiger partial charge in [-0.2, -0.15) is 0 Å². The van der Waals surface area contributed by atoms with Crippen LogP contribution < -0.4 is 4.90 Å². The molecule has 52 heavy (non-hydrogen) atoms. The first-order valence-corrected chi connectivity index (χ1v) is 19.1. The predicted molar refractivity (Wildman–Crippen MR) is 221 cm³/mol. The maximum Gasteiger partial charge on any atom is 0.0543 e. The number of para-hydroxylation sites is 1. The molecule has 9 rings (SSSR count). The fourth-order valence-electron chi connectivity index (χ4n) is 8.99. The fourth-order valence-corrected chi connectivity index (χ4v) is 8.99. The second kappa shape index (κ2) is 13.5. The second-order valence-electron chi connectivity index (χ2n) is 15.1. The van der Waals surface area contributed by atoms with E-state index in [0.717, 1.165) is 0 Å². The SMILES string of the molecule is CC1(C)c2ccccc2-c2cc(-c3ccccc3)c(N(c3ccc(C4CCCCC4)cc3)c3ccccc3-c3ccccc3-c3ccccc3)cc21. The van der Waals surface area contributed by atoms with Gasteiger partial charge in [-0.25, -0.2) is 0 Å². The third-order valence-corrected chi connectivity index (χ3v) is 11.7. The van der Waals surface area contributed by atoms with E-state index in [-0.39, 0.29) is 5.41 Å². The molecule has 0 saturated heterocycles. The maximum absolute atomic E-state index is 2.55. The summed E-state index contributed by atoms with van der Waals surface area (Å²) < 4.78 is 0. The molecule has 7 aromatic rings. The van der Waals surface area contributed by atoms with E-state index in [1.54, 1.807) is 0 Å². The van der Waals surface area contributed by atoms with Crippen molar-refractivity contribution in [1.29, 1.82) is 0 Å². The van der Waals surface area contributed by atoms with Gasteiger partial charge in [-0.3, -0.25) is 0 Å². The first-order chi connectivity index (χ1) is 25.6. The van der Waals surface area contributed by atoms with Crippen LogP contribution in [0.15, 0.2) is 170 Å². The van der Waals surface area contributed by atoms with E-state index in [0.29, 0.717) is 5.92 Å². The van der Waals surface area contributed by atoms with Crippen LogP contribution in [0.5, 0.6) is 0 Å². The summed E-state index contributed by atoms with van der Waals surface area (Å²) in [6.45, 7) is 4.77. The third kappa shape index (κ3) is 5.66. The third-order valence-electron chi connectivity index (χ3n) is 11.7. The van der Waals surface area contributed by atoms with Gasteiger partial charge >= 0.3 is 0 Å². The zero-order valence-electron chi connectivity index (χ0n) is 30.2. The maximum atomic E-state index is 2.55. The van der Waals surface area contributed by atoms with Crippen LogP contribution in [0.3, 0.4) is 0 Å². The molecule has 254 valence electrons. The van der Waals surface area contributed by atoms with Crippen LogP contribution in [0.25, 0.3) is 44.5 Å². The van der Waals surface area contributed by atoms with Crippen LogP contribution in [-0.2, 0) is 5.41 Å². The summed E-state index contributed by atoms with van der Waals surface area (Å²) in [6, 6.07) is 63.2. The summed E-state index contributed by atoms with van der Waals surface area (Å²) in [5.41, 5.74) is 17.6. The van der Waals surface area contributed by atoms with Crippen molar-refractivity contribution in [2.75, 3.05) is 4.90 Å². The average molecular weight is 672 g/mol. The standard InChI is InChI=1S/C51H45N/c1-51(2)47-28-16-14-26-43(47)46-34-45(39-22-10-5-11-23-39)50(35-48(46)51)52(40-32-30-37(31-33-40)36-18-6-3-7-19-36)49-29-17-15-27-44(49)42-25-13-12-24-41(42)38-20-8-4-9-21-38/h4-5,8-17,20-36H,3,6-7,18-19H2,1-2H3. The van der Waals surface area contributed by atoms with Crippen molar-refractivity contribution in [1.82, 2.24) is 0 Å². The Morgan fingerprint density at radius 2 is 0.981 bits per heavy atom. The number of anilines is 3. The lowest BCUT2D eigenvalue weighted by Gasteiger charge is -2.32. The van der Waals surface area contributed by atoms with E-state index in [4.69, 9.17) is 0 Å². The lowest BCUT2D eigenvalue weighted by atomic mass is 9.81. The molecule has 1 fully saturated rings. The normalized spacial score (nSPS) is 14.8. The van der Waals surface area contributed by atoms with E-state index in [2.05, 4.69) is 189 Å². The van der Waals surface area contributed by atoms with E-state index < -0.39 is 0 Å². The molecule has 0 atom stereocenters. The summed E-state index contributed by atoms with van der Waals surface area (Å²) in [5, 5.41) is 0. The molecule has 0 bridgehead atoms. The molecule has 1 nitrogen and oxygen atoms in total. The Kier molecular flexibility index (Phi) is 8.36. The lowest BCUT2D eigenvalue weighted by molar-refractivity contribution is 0.443. The fraction of sp³-hybridized carbons (Fsp3) is 0.176. The van der Waals surface area contributed by atoms with E-state index >= 15 is 0 Å². The highest BCUT2D eigenvalue weighted by Gasteiger charge is 2.37. The number of benzene rings is 7. The van der Waals surface area contributed by atoms with Gasteiger partial charge in [0.15, 0.2) is 0 Å². The molecule has 0 heterocycles. The first kappa shape index (κ1) is 32.3. The highest BCUT2D eigenvalue weighted by Crippen LogP contribution is 2.54. The van der Waals surface area contributed by atoms with Crippen molar-refractivity contribution in [3.63, 3.8) is 0 Å². The van der Waals surface area contributed by atoms with Crippen molar-refractivity contribution in [3.05, 3.63) is 187 Å². The van der Waals surface area contributed by atoms with E-state index in [1.165, 1.54) is 110 Å². The Bertz CT molecular complexity index is 2340. The molecular formula is C51H45N. The number of nitrogens with zero attached hydrogens (tertiary/aromatic N) is 1. The average Bonchev–Trinajstić information content (AvgIpc) is 3.44. The number of fused-ring (bicyclic) bond motifs is 3. The molecule has 0 spiro atoms. The van der Waals surface area contributed by atoms with Crippen LogP contribution in [0, 0.1) is 0 Å². The first-order valence-electron chi connectivity index (χ1n) is 19.1. The Labute approximate surface area is 309 Å². The lowest BCUT2D eigenvalue weighted by Crippen LogP contribution is -2.17. The van der Waals surface area contributed by atoms with Crippen LogP contribution >= 0.6 is 0 Å². The summed E-state index contributed by atoms with van der Waals surface area (Å²) in [5.74, 6) is 0.653. The Morgan fingerprint density at radius 3 is 1.67 bits per heavy atom. The van der Waals surface area contributed by atoms with Crippen molar-refractivity contribution in [2.24, 2.45) is 0 Å². The number of hydrogen-bond donors (Lipinski definition) is 0. The van der Waals surface area contributed by atoms with Gasteiger partial charge < -0.3 is 4.90 Å². The van der Waals surface area contributed by atoms with Gasteiger partial charge in [0, 0.05) is 22.2 Å². The summed E-state index contributed by atoms with van der Waals surface area (Å²) in [6.07, 6.45) is 6.62. The Hall–Kier alpha value is -5.66.